The van der Waals surface area contributed by atoms with Gasteiger partial charge in [0, 0.05) is 50.7 Å². The number of fused-ring (bicyclic) bond motifs is 2. The largest absolute Gasteiger partial charge is 0.373 e. The fraction of sp³-hybridized carbons (Fsp3) is 0.950. The average molecular weight is 350 g/mol. The molecular weight excluding hydrogens is 314 g/mol. The molecule has 0 saturated carbocycles. The molecule has 4 fully saturated rings. The molecule has 0 aliphatic carbocycles. The van der Waals surface area contributed by atoms with Gasteiger partial charge in [-0.15, -0.1) is 0 Å². The maximum atomic E-state index is 13.0. The van der Waals surface area contributed by atoms with Crippen LogP contribution in [0.5, 0.6) is 0 Å². The number of hydrogen-bond donors (Lipinski definition) is 1. The molecule has 1 N–H and O–H groups in total. The van der Waals surface area contributed by atoms with E-state index in [0.29, 0.717) is 42.2 Å². The van der Waals surface area contributed by atoms with Crippen LogP contribution in [0.15, 0.2) is 0 Å². The highest BCUT2D eigenvalue weighted by Gasteiger charge is 2.37. The van der Waals surface area contributed by atoms with Crippen molar-refractivity contribution in [2.24, 2.45) is 5.92 Å². The minimum Gasteiger partial charge on any atom is -0.373 e. The first-order valence-electron chi connectivity index (χ1n) is 10.5. The lowest BCUT2D eigenvalue weighted by atomic mass is 9.89. The molecule has 0 aromatic carbocycles. The van der Waals surface area contributed by atoms with Gasteiger partial charge in [0.2, 0.25) is 5.91 Å². The maximum Gasteiger partial charge on any atom is 0.223 e. The molecule has 5 nitrogen and oxygen atoms in total. The molecule has 4 rings (SSSR count). The minimum atomic E-state index is 0.305. The van der Waals surface area contributed by atoms with Crippen LogP contribution in [0.25, 0.3) is 0 Å². The van der Waals surface area contributed by atoms with Crippen LogP contribution in [0.3, 0.4) is 0 Å². The number of hydrogen-bond acceptors (Lipinski definition) is 4. The van der Waals surface area contributed by atoms with Crippen molar-refractivity contribution in [2.45, 2.75) is 89.1 Å². The van der Waals surface area contributed by atoms with E-state index in [9.17, 15) is 4.79 Å². The number of amides is 1. The normalized spacial score (nSPS) is 42.1. The van der Waals surface area contributed by atoms with E-state index in [2.05, 4.69) is 29.0 Å². The Morgan fingerprint density at radius 1 is 1.08 bits per heavy atom. The van der Waals surface area contributed by atoms with E-state index in [1.807, 2.05) is 0 Å². The SMILES string of the molecule is CC1CN(CC2CCCN2C(=O)CC2CC3CCC(C2)N3)CC(C)O1. The Kier molecular flexibility index (Phi) is 5.35. The Morgan fingerprint density at radius 3 is 2.44 bits per heavy atom. The summed E-state index contributed by atoms with van der Waals surface area (Å²) in [5, 5.41) is 3.69. The fourth-order valence-electron chi connectivity index (χ4n) is 5.79. The van der Waals surface area contributed by atoms with Crippen LogP contribution in [-0.4, -0.2) is 72.2 Å². The van der Waals surface area contributed by atoms with Gasteiger partial charge in [0.25, 0.3) is 0 Å². The summed E-state index contributed by atoms with van der Waals surface area (Å²) in [4.78, 5) is 17.7. The number of morpholine rings is 1. The summed E-state index contributed by atoms with van der Waals surface area (Å²) in [5.41, 5.74) is 0. The third kappa shape index (κ3) is 4.20. The van der Waals surface area contributed by atoms with Gasteiger partial charge in [0.1, 0.15) is 0 Å². The zero-order valence-electron chi connectivity index (χ0n) is 16.0. The zero-order chi connectivity index (χ0) is 17.4. The van der Waals surface area contributed by atoms with Gasteiger partial charge in [0.15, 0.2) is 0 Å². The summed E-state index contributed by atoms with van der Waals surface area (Å²) in [6.07, 6.45) is 8.77. The lowest BCUT2D eigenvalue weighted by Crippen LogP contribution is -2.51. The topological polar surface area (TPSA) is 44.8 Å². The summed E-state index contributed by atoms with van der Waals surface area (Å²) in [5.74, 6) is 1.03. The molecule has 25 heavy (non-hydrogen) atoms. The molecule has 142 valence electrons. The second-order valence-electron chi connectivity index (χ2n) is 9.04. The van der Waals surface area contributed by atoms with Crippen LogP contribution in [0, 0.1) is 5.92 Å². The first kappa shape index (κ1) is 17.7. The Hall–Kier alpha value is -0.650. The zero-order valence-corrected chi connectivity index (χ0v) is 16.0. The standard InChI is InChI=1S/C20H35N3O2/c1-14-11-22(12-15(2)25-14)13-19-4-3-7-23(19)20(24)10-16-8-17-5-6-18(9-16)21-17/h14-19,21H,3-13H2,1-2H3. The first-order chi connectivity index (χ1) is 12.1. The summed E-state index contributed by atoms with van der Waals surface area (Å²) in [6.45, 7) is 8.32. The Morgan fingerprint density at radius 2 is 1.76 bits per heavy atom. The Bertz CT molecular complexity index is 464. The van der Waals surface area contributed by atoms with Crippen molar-refractivity contribution in [1.29, 1.82) is 0 Å². The number of carbonyl (C=O) groups is 1. The van der Waals surface area contributed by atoms with E-state index in [0.717, 1.165) is 32.6 Å². The van der Waals surface area contributed by atoms with Crippen LogP contribution in [0.1, 0.15) is 58.8 Å². The van der Waals surface area contributed by atoms with E-state index in [1.54, 1.807) is 0 Å². The van der Waals surface area contributed by atoms with Crippen LogP contribution in [0.2, 0.25) is 0 Å². The van der Waals surface area contributed by atoms with Crippen LogP contribution in [0.4, 0.5) is 0 Å². The van der Waals surface area contributed by atoms with Gasteiger partial charge in [0.05, 0.1) is 12.2 Å². The summed E-state index contributed by atoms with van der Waals surface area (Å²) < 4.78 is 5.85. The lowest BCUT2D eigenvalue weighted by Gasteiger charge is -2.38. The molecule has 0 aromatic rings. The fourth-order valence-corrected chi connectivity index (χ4v) is 5.79. The Labute approximate surface area is 152 Å². The van der Waals surface area contributed by atoms with Gasteiger partial charge in [-0.3, -0.25) is 9.69 Å². The second-order valence-corrected chi connectivity index (χ2v) is 9.04. The van der Waals surface area contributed by atoms with Gasteiger partial charge in [-0.1, -0.05) is 0 Å². The molecule has 2 bridgehead atoms. The first-order valence-corrected chi connectivity index (χ1v) is 10.5. The van der Waals surface area contributed by atoms with Gasteiger partial charge in [-0.25, -0.2) is 0 Å². The van der Waals surface area contributed by atoms with Crippen molar-refractivity contribution in [3.63, 3.8) is 0 Å². The lowest BCUT2D eigenvalue weighted by molar-refractivity contribution is -0.134. The highest BCUT2D eigenvalue weighted by molar-refractivity contribution is 5.77. The smallest absolute Gasteiger partial charge is 0.223 e. The molecule has 4 aliphatic rings. The second kappa shape index (κ2) is 7.53. The predicted octanol–water partition coefficient (Wildman–Crippen LogP) is 2.01. The van der Waals surface area contributed by atoms with E-state index < -0.39 is 0 Å². The van der Waals surface area contributed by atoms with Gasteiger partial charge in [-0.2, -0.15) is 0 Å². The van der Waals surface area contributed by atoms with Gasteiger partial charge in [-0.05, 0) is 58.3 Å². The molecule has 5 heteroatoms. The number of ether oxygens (including phenoxy) is 1. The van der Waals surface area contributed by atoms with Crippen molar-refractivity contribution in [3.05, 3.63) is 0 Å². The van der Waals surface area contributed by atoms with Crippen molar-refractivity contribution < 1.29 is 9.53 Å². The van der Waals surface area contributed by atoms with Gasteiger partial charge < -0.3 is 15.0 Å². The quantitative estimate of drug-likeness (QED) is 0.843. The molecule has 5 unspecified atom stereocenters. The number of rotatable bonds is 4. The molecule has 4 saturated heterocycles. The molecular formula is C20H35N3O2. The highest BCUT2D eigenvalue weighted by Crippen LogP contribution is 2.33. The third-order valence-corrected chi connectivity index (χ3v) is 6.70. The van der Waals surface area contributed by atoms with Crippen LogP contribution < -0.4 is 5.32 Å². The number of nitrogens with one attached hydrogen (secondary N) is 1. The van der Waals surface area contributed by atoms with E-state index in [1.165, 1.54) is 38.5 Å². The molecule has 5 atom stereocenters. The molecule has 4 heterocycles. The van der Waals surface area contributed by atoms with E-state index in [-0.39, 0.29) is 0 Å². The number of nitrogens with zero attached hydrogens (tertiary/aromatic N) is 2. The van der Waals surface area contributed by atoms with E-state index in [4.69, 9.17) is 4.74 Å². The van der Waals surface area contributed by atoms with Crippen molar-refractivity contribution in [1.82, 2.24) is 15.1 Å². The maximum absolute atomic E-state index is 13.0. The number of piperidine rings is 1. The molecule has 4 aliphatic heterocycles. The Balaban J connectivity index is 1.30. The monoisotopic (exact) mass is 349 g/mol. The summed E-state index contributed by atoms with van der Waals surface area (Å²) in [7, 11) is 0. The third-order valence-electron chi connectivity index (χ3n) is 6.70. The number of carbonyl (C=O) groups excluding carboxylic acids is 1. The van der Waals surface area contributed by atoms with Crippen LogP contribution in [-0.2, 0) is 9.53 Å². The minimum absolute atomic E-state index is 0.305. The average Bonchev–Trinajstić information content (AvgIpc) is 3.13. The van der Waals surface area contributed by atoms with Crippen molar-refractivity contribution in [2.75, 3.05) is 26.2 Å². The van der Waals surface area contributed by atoms with E-state index >= 15 is 0 Å². The molecule has 0 radical (unpaired) electrons. The van der Waals surface area contributed by atoms with Crippen molar-refractivity contribution >= 4 is 5.91 Å². The number of likely N-dealkylation sites (tertiary alicyclic amines) is 1. The predicted molar refractivity (Wildman–Crippen MR) is 98.5 cm³/mol. The summed E-state index contributed by atoms with van der Waals surface area (Å²) in [6, 6.07) is 1.79. The van der Waals surface area contributed by atoms with Crippen LogP contribution >= 0.6 is 0 Å². The molecule has 0 spiro atoms. The molecule has 0 aromatic heterocycles. The highest BCUT2D eigenvalue weighted by atomic mass is 16.5. The molecule has 1 amide bonds. The van der Waals surface area contributed by atoms with Crippen molar-refractivity contribution in [3.8, 4) is 0 Å². The van der Waals surface area contributed by atoms with Gasteiger partial charge >= 0.3 is 0 Å². The summed E-state index contributed by atoms with van der Waals surface area (Å²) >= 11 is 0.